The third-order valence-electron chi connectivity index (χ3n) is 3.45. The van der Waals surface area contributed by atoms with Crippen LogP contribution in [0.5, 0.6) is 0 Å². The number of para-hydroxylation sites is 1. The molecule has 0 bridgehead atoms. The largest absolute Gasteiger partial charge is 0.457 e. The summed E-state index contributed by atoms with van der Waals surface area (Å²) >= 11 is 0. The summed E-state index contributed by atoms with van der Waals surface area (Å²) in [5, 5.41) is 0.920. The minimum absolute atomic E-state index is 0.0459. The monoisotopic (exact) mass is 307 g/mol. The number of ether oxygens (including phenoxy) is 1. The van der Waals surface area contributed by atoms with Gasteiger partial charge in [0.25, 0.3) is 0 Å². The van der Waals surface area contributed by atoms with Gasteiger partial charge in [-0.1, -0.05) is 30.3 Å². The standard InChI is InChI=1S/C18H10FNO3/c19-14-7-3-2-6-13(14)17-20-15(18(21)23-17)10-12-9-11-5-1-4-8-16(11)22-12/h1-10H/b15-10-. The minimum atomic E-state index is -0.635. The van der Waals surface area contributed by atoms with Crippen molar-refractivity contribution in [3.63, 3.8) is 0 Å². The fraction of sp³-hybridized carbons (Fsp3) is 0. The van der Waals surface area contributed by atoms with Crippen molar-refractivity contribution in [2.24, 2.45) is 4.99 Å². The highest BCUT2D eigenvalue weighted by atomic mass is 19.1. The predicted octanol–water partition coefficient (Wildman–Crippen LogP) is 3.92. The van der Waals surface area contributed by atoms with Gasteiger partial charge in [-0.25, -0.2) is 14.2 Å². The summed E-state index contributed by atoms with van der Waals surface area (Å²) in [5.74, 6) is -0.695. The highest BCUT2D eigenvalue weighted by Gasteiger charge is 2.26. The van der Waals surface area contributed by atoms with E-state index in [-0.39, 0.29) is 17.2 Å². The average molecular weight is 307 g/mol. The lowest BCUT2D eigenvalue weighted by molar-refractivity contribution is -0.129. The van der Waals surface area contributed by atoms with E-state index >= 15 is 0 Å². The van der Waals surface area contributed by atoms with Crippen LogP contribution in [-0.2, 0) is 9.53 Å². The Bertz CT molecular complexity index is 952. The zero-order valence-electron chi connectivity index (χ0n) is 11.8. The third-order valence-corrected chi connectivity index (χ3v) is 3.45. The fourth-order valence-electron chi connectivity index (χ4n) is 2.37. The zero-order chi connectivity index (χ0) is 15.8. The van der Waals surface area contributed by atoms with E-state index in [0.29, 0.717) is 11.3 Å². The molecule has 0 fully saturated rings. The van der Waals surface area contributed by atoms with Crippen LogP contribution in [0.25, 0.3) is 17.0 Å². The zero-order valence-corrected chi connectivity index (χ0v) is 11.8. The van der Waals surface area contributed by atoms with Gasteiger partial charge in [0.15, 0.2) is 5.70 Å². The van der Waals surface area contributed by atoms with Gasteiger partial charge in [-0.3, -0.25) is 0 Å². The smallest absolute Gasteiger partial charge is 0.363 e. The first kappa shape index (κ1) is 13.5. The summed E-state index contributed by atoms with van der Waals surface area (Å²) < 4.78 is 24.4. The van der Waals surface area contributed by atoms with E-state index in [1.165, 1.54) is 18.2 Å². The molecule has 4 nitrogen and oxygen atoms in total. The van der Waals surface area contributed by atoms with E-state index in [1.54, 1.807) is 18.2 Å². The number of carbonyl (C=O) groups excluding carboxylic acids is 1. The number of furan rings is 1. The number of benzene rings is 2. The van der Waals surface area contributed by atoms with E-state index in [2.05, 4.69) is 4.99 Å². The van der Waals surface area contributed by atoms with Gasteiger partial charge in [-0.15, -0.1) is 0 Å². The number of nitrogens with zero attached hydrogens (tertiary/aromatic N) is 1. The Morgan fingerprint density at radius 1 is 1.04 bits per heavy atom. The van der Waals surface area contributed by atoms with Crippen molar-refractivity contribution < 1.29 is 18.3 Å². The molecule has 0 spiro atoms. The van der Waals surface area contributed by atoms with Gasteiger partial charge in [-0.05, 0) is 24.3 Å². The van der Waals surface area contributed by atoms with E-state index < -0.39 is 11.8 Å². The Labute approximate surface area is 130 Å². The quantitative estimate of drug-likeness (QED) is 0.532. The Morgan fingerprint density at radius 2 is 1.83 bits per heavy atom. The average Bonchev–Trinajstić information content (AvgIpc) is 3.11. The van der Waals surface area contributed by atoms with E-state index in [1.807, 2.05) is 24.3 Å². The third kappa shape index (κ3) is 2.42. The molecule has 0 atom stereocenters. The highest BCUT2D eigenvalue weighted by Crippen LogP contribution is 2.24. The number of carbonyl (C=O) groups is 1. The maximum Gasteiger partial charge on any atom is 0.363 e. The lowest BCUT2D eigenvalue weighted by Gasteiger charge is -1.99. The summed E-state index contributed by atoms with van der Waals surface area (Å²) in [6.45, 7) is 0. The second-order valence-electron chi connectivity index (χ2n) is 5.00. The van der Waals surface area contributed by atoms with Crippen LogP contribution in [0.15, 0.2) is 69.7 Å². The summed E-state index contributed by atoms with van der Waals surface area (Å²) in [6.07, 6.45) is 1.48. The van der Waals surface area contributed by atoms with Gasteiger partial charge in [0.1, 0.15) is 17.2 Å². The molecule has 0 amide bonds. The number of halogens is 1. The number of hydrogen-bond donors (Lipinski definition) is 0. The van der Waals surface area contributed by atoms with Crippen molar-refractivity contribution in [1.29, 1.82) is 0 Å². The van der Waals surface area contributed by atoms with Crippen molar-refractivity contribution in [3.05, 3.63) is 77.4 Å². The molecule has 1 aliphatic rings. The fourth-order valence-corrected chi connectivity index (χ4v) is 2.37. The molecule has 1 aliphatic heterocycles. The second-order valence-corrected chi connectivity index (χ2v) is 5.00. The van der Waals surface area contributed by atoms with Crippen molar-refractivity contribution in [1.82, 2.24) is 0 Å². The SMILES string of the molecule is O=C1OC(c2ccccc2F)=N/C1=C\c1cc2ccccc2o1. The van der Waals surface area contributed by atoms with Crippen LogP contribution < -0.4 is 0 Å². The molecule has 0 radical (unpaired) electrons. The summed E-state index contributed by atoms with van der Waals surface area (Å²) in [6, 6.07) is 15.3. The van der Waals surface area contributed by atoms with Crippen molar-refractivity contribution in [2.45, 2.75) is 0 Å². The topological polar surface area (TPSA) is 51.8 Å². The minimum Gasteiger partial charge on any atom is -0.457 e. The first-order valence-electron chi connectivity index (χ1n) is 6.97. The number of cyclic esters (lactones) is 1. The molecule has 5 heteroatoms. The summed E-state index contributed by atoms with van der Waals surface area (Å²) in [7, 11) is 0. The predicted molar refractivity (Wildman–Crippen MR) is 83.2 cm³/mol. The molecule has 23 heavy (non-hydrogen) atoms. The molecule has 3 aromatic rings. The molecule has 0 unspecified atom stereocenters. The highest BCUT2D eigenvalue weighted by molar-refractivity contribution is 6.12. The molecular formula is C18H10FNO3. The summed E-state index contributed by atoms with van der Waals surface area (Å²) in [5.41, 5.74) is 0.931. The lowest BCUT2D eigenvalue weighted by Crippen LogP contribution is -2.07. The molecule has 0 saturated heterocycles. The normalized spacial score (nSPS) is 16.0. The molecular weight excluding hydrogens is 297 g/mol. The van der Waals surface area contributed by atoms with Gasteiger partial charge in [0.2, 0.25) is 5.90 Å². The molecule has 0 saturated carbocycles. The molecule has 4 rings (SSSR count). The van der Waals surface area contributed by atoms with Crippen LogP contribution in [0.1, 0.15) is 11.3 Å². The second kappa shape index (κ2) is 5.21. The molecule has 0 N–H and O–H groups in total. The van der Waals surface area contributed by atoms with Crippen molar-refractivity contribution in [3.8, 4) is 0 Å². The van der Waals surface area contributed by atoms with Gasteiger partial charge in [0.05, 0.1) is 5.56 Å². The first-order chi connectivity index (χ1) is 11.2. The number of rotatable bonds is 2. The maximum absolute atomic E-state index is 13.8. The van der Waals surface area contributed by atoms with Gasteiger partial charge in [0, 0.05) is 11.5 Å². The van der Waals surface area contributed by atoms with Crippen LogP contribution in [0.4, 0.5) is 4.39 Å². The molecule has 2 heterocycles. The van der Waals surface area contributed by atoms with E-state index in [0.717, 1.165) is 5.39 Å². The number of esters is 1. The first-order valence-corrected chi connectivity index (χ1v) is 6.97. The van der Waals surface area contributed by atoms with Gasteiger partial charge in [-0.2, -0.15) is 0 Å². The van der Waals surface area contributed by atoms with E-state index in [4.69, 9.17) is 9.15 Å². The van der Waals surface area contributed by atoms with Crippen LogP contribution in [-0.4, -0.2) is 11.9 Å². The Hall–Kier alpha value is -3.21. The van der Waals surface area contributed by atoms with Crippen LogP contribution >= 0.6 is 0 Å². The summed E-state index contributed by atoms with van der Waals surface area (Å²) in [4.78, 5) is 16.0. The molecule has 1 aromatic heterocycles. The Morgan fingerprint density at radius 3 is 2.65 bits per heavy atom. The van der Waals surface area contributed by atoms with Crippen molar-refractivity contribution >= 4 is 28.9 Å². The number of hydrogen-bond acceptors (Lipinski definition) is 4. The Balaban J connectivity index is 1.73. The Kier molecular flexibility index (Phi) is 3.05. The molecule has 112 valence electrons. The van der Waals surface area contributed by atoms with Gasteiger partial charge >= 0.3 is 5.97 Å². The lowest BCUT2D eigenvalue weighted by atomic mass is 10.2. The number of aliphatic imine (C=N–C) groups is 1. The maximum atomic E-state index is 13.8. The van der Waals surface area contributed by atoms with Crippen LogP contribution in [0, 0.1) is 5.82 Å². The van der Waals surface area contributed by atoms with Crippen LogP contribution in [0.2, 0.25) is 0 Å². The van der Waals surface area contributed by atoms with Crippen LogP contribution in [0.3, 0.4) is 0 Å². The van der Waals surface area contributed by atoms with E-state index in [9.17, 15) is 9.18 Å². The van der Waals surface area contributed by atoms with Crippen molar-refractivity contribution in [2.75, 3.05) is 0 Å². The van der Waals surface area contributed by atoms with Gasteiger partial charge < -0.3 is 9.15 Å². The number of fused-ring (bicyclic) bond motifs is 1. The molecule has 0 aliphatic carbocycles. The molecule has 2 aromatic carbocycles.